The number of carbonyl (C=O) groups is 6. The van der Waals surface area contributed by atoms with Crippen LogP contribution in [0.15, 0.2) is 91.0 Å². The van der Waals surface area contributed by atoms with Crippen molar-refractivity contribution in [1.82, 2.24) is 10.6 Å². The van der Waals surface area contributed by atoms with Crippen molar-refractivity contribution in [3.05, 3.63) is 96.6 Å². The van der Waals surface area contributed by atoms with Gasteiger partial charge in [-0.05, 0) is 82.2 Å². The van der Waals surface area contributed by atoms with Gasteiger partial charge in [0.15, 0.2) is 18.0 Å². The molecule has 3 aromatic carbocycles. The molecule has 3 aromatic rings. The molecule has 1 saturated heterocycles. The summed E-state index contributed by atoms with van der Waals surface area (Å²) in [7, 11) is -5.19. The SMILES string of the molecule is CCCCCCCCCCC[C@H](CC(=O)N[C@@H](COCc1ccccc1)COC1O[C@H](COC(=O)OC(C)(C)C(Cl)(Cl)Cl)[C@@H](OP(=O)(Oc2ccccc2)Oc2ccccc2)[C@H](OC(=O)C[C@@H](CCCCCCCCCCC)OC(=O)CCCCCC)[C@H]1NC(=O)OCC(Cl)(Cl)Cl)OC(=O)CCCCCC. The number of unbranched alkanes of at least 4 members (excludes halogenated alkanes) is 22. The Labute approximate surface area is 659 Å². The van der Waals surface area contributed by atoms with E-state index < -0.39 is 132 Å². The van der Waals surface area contributed by atoms with Crippen molar-refractivity contribution in [2.24, 2.45) is 0 Å². The highest BCUT2D eigenvalue weighted by atomic mass is 35.6. The van der Waals surface area contributed by atoms with E-state index in [-0.39, 0.29) is 50.4 Å². The minimum Gasteiger partial charge on any atom is -0.462 e. The second-order valence-electron chi connectivity index (χ2n) is 27.4. The summed E-state index contributed by atoms with van der Waals surface area (Å²) < 4.78 is 85.4. The van der Waals surface area contributed by atoms with Crippen LogP contribution in [0.2, 0.25) is 0 Å². The van der Waals surface area contributed by atoms with Crippen LogP contribution in [0.3, 0.4) is 0 Å². The number of rotatable bonds is 56. The van der Waals surface area contributed by atoms with Crippen molar-refractivity contribution in [2.45, 2.75) is 316 Å². The molecule has 0 aromatic heterocycles. The van der Waals surface area contributed by atoms with Gasteiger partial charge in [0.1, 0.15) is 55.2 Å². The molecule has 1 fully saturated rings. The van der Waals surface area contributed by atoms with E-state index >= 15 is 9.36 Å². The Hall–Kier alpha value is -4.51. The van der Waals surface area contributed by atoms with Crippen LogP contribution in [0.4, 0.5) is 9.59 Å². The van der Waals surface area contributed by atoms with Crippen molar-refractivity contribution in [3.8, 4) is 11.5 Å². The minimum atomic E-state index is -5.19. The number of alkyl halides is 6. The van der Waals surface area contributed by atoms with Gasteiger partial charge in [-0.3, -0.25) is 23.7 Å². The number of halogens is 6. The zero-order chi connectivity index (χ0) is 77.5. The highest BCUT2D eigenvalue weighted by molar-refractivity contribution is 7.49. The van der Waals surface area contributed by atoms with E-state index in [1.165, 1.54) is 63.8 Å². The molecule has 8 atom stereocenters. The number of carbonyl (C=O) groups excluding carboxylic acids is 6. The third-order valence-corrected chi connectivity index (χ3v) is 20.6. The molecule has 2 amide bonds. The summed E-state index contributed by atoms with van der Waals surface area (Å²) in [6, 6.07) is 21.9. The number of hydrogen-bond acceptors (Lipinski definition) is 19. The number of amides is 2. The molecule has 28 heteroatoms. The number of nitrogens with one attached hydrogen (secondary N) is 2. The molecule has 0 aliphatic carbocycles. The van der Waals surface area contributed by atoms with E-state index in [1.807, 2.05) is 30.3 Å². The van der Waals surface area contributed by atoms with Crippen LogP contribution in [-0.4, -0.2) is 125 Å². The maximum Gasteiger partial charge on any atom is 0.588 e. The number of ether oxygens (including phenoxy) is 9. The quantitative estimate of drug-likeness (QED) is 0.0175. The van der Waals surface area contributed by atoms with Crippen molar-refractivity contribution in [3.63, 3.8) is 0 Å². The van der Waals surface area contributed by atoms with E-state index in [9.17, 15) is 24.0 Å². The van der Waals surface area contributed by atoms with Crippen LogP contribution in [0.25, 0.3) is 0 Å². The lowest BCUT2D eigenvalue weighted by Gasteiger charge is -2.45. The van der Waals surface area contributed by atoms with Crippen LogP contribution in [0.5, 0.6) is 11.5 Å². The van der Waals surface area contributed by atoms with E-state index in [4.69, 9.17) is 126 Å². The van der Waals surface area contributed by atoms with Crippen molar-refractivity contribution < 1.29 is 89.5 Å². The maximum absolute atomic E-state index is 15.8. The molecular formula is C78H117Cl6N2O19P. The molecule has 0 radical (unpaired) electrons. The number of hydrogen-bond donors (Lipinski definition) is 2. The maximum atomic E-state index is 15.8. The first-order valence-corrected chi connectivity index (χ1v) is 41.9. The number of esters is 3. The fraction of sp³-hybridized carbons (Fsp3) is 0.692. The van der Waals surface area contributed by atoms with Crippen LogP contribution in [0.1, 0.15) is 253 Å². The Bertz CT molecular complexity index is 2910. The summed E-state index contributed by atoms with van der Waals surface area (Å²) in [6.45, 7) is 8.69. The Morgan fingerprint density at radius 1 is 0.538 bits per heavy atom. The van der Waals surface area contributed by atoms with Crippen LogP contribution < -0.4 is 19.7 Å². The van der Waals surface area contributed by atoms with Gasteiger partial charge in [-0.1, -0.05) is 305 Å². The fourth-order valence-corrected chi connectivity index (χ4v) is 13.3. The monoisotopic (exact) mass is 1630 g/mol. The van der Waals surface area contributed by atoms with Gasteiger partial charge in [-0.2, -0.15) is 0 Å². The molecule has 0 bridgehead atoms. The molecule has 1 aliphatic rings. The second-order valence-corrected chi connectivity index (χ2v) is 33.7. The van der Waals surface area contributed by atoms with Crippen LogP contribution >= 0.6 is 77.4 Å². The Morgan fingerprint density at radius 3 is 1.46 bits per heavy atom. The van der Waals surface area contributed by atoms with E-state index in [0.717, 1.165) is 121 Å². The standard InChI is InChI=1S/C78H117Cl6N2O19P/c1-7-11-15-19-21-23-25-27-34-48-63(98-67(88)50-40-17-13-9-3)52-66(87)85-60(55-94-54-59-42-32-29-33-43-59)56-95-73-70(86-74(91)97-58-77(79,80)81)72(101-69(90)53-64(99-68(89)51-41-18-14-10-4)49-35-28-26-24-22-20-16-12-8-2)71(65(100-73)57-96-75(92)102-76(5,6)78(82,83)84)105-106(93,103-61-44-36-30-37-45-61)104-62-46-38-31-39-47-62/h29-33,36-39,42-47,60,63-65,70-73H,7-28,34-35,40-41,48-58H2,1-6H3,(H,85,87)(H,86,91)/t60-,63+,64+,65+,70+,71+,72+,73?/m0/s1. The van der Waals surface area contributed by atoms with Crippen molar-refractivity contribution >= 4 is 113 Å². The molecule has 1 heterocycles. The average Bonchev–Trinajstić information content (AvgIpc) is 0.770. The van der Waals surface area contributed by atoms with Gasteiger partial charge in [0.05, 0.1) is 38.7 Å². The van der Waals surface area contributed by atoms with E-state index in [1.54, 1.807) is 36.4 Å². The lowest BCUT2D eigenvalue weighted by atomic mass is 9.96. The molecule has 4 rings (SSSR count). The zero-order valence-electron chi connectivity index (χ0n) is 62.9. The third kappa shape index (κ3) is 41.5. The molecule has 600 valence electrons. The molecule has 0 spiro atoms. The molecule has 106 heavy (non-hydrogen) atoms. The number of para-hydroxylation sites is 2. The summed E-state index contributed by atoms with van der Waals surface area (Å²) in [5, 5.41) is 5.64. The Kier molecular flexibility index (Phi) is 47.3. The average molecular weight is 1630 g/mol. The number of phosphoric ester groups is 1. The lowest BCUT2D eigenvalue weighted by molar-refractivity contribution is -0.272. The summed E-state index contributed by atoms with van der Waals surface area (Å²) in [5.41, 5.74) is -1.04. The van der Waals surface area contributed by atoms with Gasteiger partial charge in [-0.15, -0.1) is 0 Å². The number of alkyl carbamates (subject to hydrolysis) is 1. The molecule has 2 N–H and O–H groups in total. The second kappa shape index (κ2) is 53.4. The first-order chi connectivity index (χ1) is 50.7. The topological polar surface area (TPSA) is 254 Å². The predicted octanol–water partition coefficient (Wildman–Crippen LogP) is 21.1. The normalized spacial score (nSPS) is 17.1. The van der Waals surface area contributed by atoms with Gasteiger partial charge in [0.2, 0.25) is 13.5 Å². The zero-order valence-corrected chi connectivity index (χ0v) is 68.3. The summed E-state index contributed by atoms with van der Waals surface area (Å²) >= 11 is 37.2. The van der Waals surface area contributed by atoms with Crippen molar-refractivity contribution in [1.29, 1.82) is 0 Å². The lowest BCUT2D eigenvalue weighted by Crippen LogP contribution is -2.67. The third-order valence-electron chi connectivity index (χ3n) is 17.5. The molecule has 0 saturated carbocycles. The summed E-state index contributed by atoms with van der Waals surface area (Å²) in [5.74, 6) is -2.56. The van der Waals surface area contributed by atoms with Gasteiger partial charge in [0.25, 0.3) is 0 Å². The van der Waals surface area contributed by atoms with E-state index in [2.05, 4.69) is 38.3 Å². The number of benzene rings is 3. The Morgan fingerprint density at radius 2 is 0.991 bits per heavy atom. The predicted molar refractivity (Wildman–Crippen MR) is 415 cm³/mol. The Balaban J connectivity index is 1.92. The first-order valence-electron chi connectivity index (χ1n) is 38.2. The molecule has 1 aliphatic heterocycles. The molecule has 21 nitrogen and oxygen atoms in total. The largest absolute Gasteiger partial charge is 0.588 e. The van der Waals surface area contributed by atoms with Crippen LogP contribution in [-0.2, 0) is 77.5 Å². The fourth-order valence-electron chi connectivity index (χ4n) is 11.6. The minimum absolute atomic E-state index is 0.0303. The molecular weight excluding hydrogens is 1510 g/mol. The highest BCUT2D eigenvalue weighted by Gasteiger charge is 2.55. The highest BCUT2D eigenvalue weighted by Crippen LogP contribution is 2.53. The van der Waals surface area contributed by atoms with Gasteiger partial charge in [-0.25, -0.2) is 14.2 Å². The van der Waals surface area contributed by atoms with Crippen molar-refractivity contribution in [2.75, 3.05) is 26.4 Å². The van der Waals surface area contributed by atoms with Gasteiger partial charge < -0.3 is 62.3 Å². The smallest absolute Gasteiger partial charge is 0.462 e. The summed E-state index contributed by atoms with van der Waals surface area (Å²) in [6.07, 6.45) is 12.9. The molecule has 1 unspecified atom stereocenters. The summed E-state index contributed by atoms with van der Waals surface area (Å²) in [4.78, 5) is 85.4. The first kappa shape index (κ1) is 93.9. The van der Waals surface area contributed by atoms with Crippen LogP contribution in [0, 0.1) is 0 Å². The van der Waals surface area contributed by atoms with E-state index in [0.29, 0.717) is 32.1 Å². The number of phosphoric acid groups is 1. The van der Waals surface area contributed by atoms with Gasteiger partial charge in [0, 0.05) is 12.8 Å². The van der Waals surface area contributed by atoms with Gasteiger partial charge >= 0.3 is 38.0 Å².